The fourth-order valence-corrected chi connectivity index (χ4v) is 2.71. The number of benzene rings is 2. The number of nitrogens with one attached hydrogen (secondary N) is 2. The summed E-state index contributed by atoms with van der Waals surface area (Å²) in [5.74, 6) is 0.0127. The van der Waals surface area contributed by atoms with Crippen LogP contribution in [0.1, 0.15) is 17.5 Å². The lowest BCUT2D eigenvalue weighted by molar-refractivity contribution is -0.115. The van der Waals surface area contributed by atoms with Crippen molar-refractivity contribution >= 4 is 45.8 Å². The van der Waals surface area contributed by atoms with Gasteiger partial charge in [0.1, 0.15) is 16.6 Å². The molecule has 2 aromatic carbocycles. The van der Waals surface area contributed by atoms with Gasteiger partial charge in [0.05, 0.1) is 14.2 Å². The van der Waals surface area contributed by atoms with Crippen molar-refractivity contribution in [1.29, 1.82) is 0 Å². The number of ether oxygens (including phenoxy) is 2. The van der Waals surface area contributed by atoms with E-state index in [4.69, 9.17) is 25.5 Å². The summed E-state index contributed by atoms with van der Waals surface area (Å²) in [4.78, 5) is 24.9. The second kappa shape index (κ2) is 8.22. The summed E-state index contributed by atoms with van der Waals surface area (Å²) in [6, 6.07) is 12.0. The lowest BCUT2D eigenvalue weighted by atomic mass is 10.2. The van der Waals surface area contributed by atoms with Crippen LogP contribution in [-0.4, -0.2) is 31.4 Å². The summed E-state index contributed by atoms with van der Waals surface area (Å²) < 4.78 is 16.1. The minimum absolute atomic E-state index is 0.0262. The Hall–Kier alpha value is -3.19. The van der Waals surface area contributed by atoms with Gasteiger partial charge in [-0.1, -0.05) is 12.1 Å². The number of furan rings is 1. The van der Waals surface area contributed by atoms with Gasteiger partial charge in [-0.2, -0.15) is 0 Å². The minimum Gasteiger partial charge on any atom is -0.493 e. The Kier molecular flexibility index (Phi) is 5.75. The highest BCUT2D eigenvalue weighted by molar-refractivity contribution is 6.33. The molecule has 28 heavy (non-hydrogen) atoms. The minimum atomic E-state index is -0.768. The van der Waals surface area contributed by atoms with E-state index in [1.54, 1.807) is 49.4 Å². The highest BCUT2D eigenvalue weighted by Crippen LogP contribution is 2.33. The first kappa shape index (κ1) is 19.6. The Morgan fingerprint density at radius 3 is 2.43 bits per heavy atom. The van der Waals surface area contributed by atoms with Crippen molar-refractivity contribution in [3.05, 3.63) is 48.2 Å². The largest absolute Gasteiger partial charge is 0.493 e. The number of hydrogen-bond donors (Lipinski definition) is 2. The molecule has 0 saturated carbocycles. The van der Waals surface area contributed by atoms with Crippen LogP contribution in [0.5, 0.6) is 11.5 Å². The highest BCUT2D eigenvalue weighted by atomic mass is 35.5. The molecule has 0 aliphatic heterocycles. The van der Waals surface area contributed by atoms with Crippen LogP contribution in [0.15, 0.2) is 46.9 Å². The summed E-state index contributed by atoms with van der Waals surface area (Å²) in [7, 11) is 3.03. The Bertz CT molecular complexity index is 1030. The smallest absolute Gasteiger partial charge is 0.293 e. The van der Waals surface area contributed by atoms with Crippen molar-refractivity contribution in [1.82, 2.24) is 0 Å². The van der Waals surface area contributed by atoms with Gasteiger partial charge in [0.15, 0.2) is 11.5 Å². The molecular formula is C20H19ClN2O5. The molecule has 1 atom stereocenters. The lowest BCUT2D eigenvalue weighted by Gasteiger charge is -2.11. The Labute approximate surface area is 166 Å². The molecule has 0 aliphatic carbocycles. The number of alkyl halides is 1. The summed E-state index contributed by atoms with van der Waals surface area (Å²) >= 11 is 5.85. The Morgan fingerprint density at radius 2 is 1.75 bits per heavy atom. The lowest BCUT2D eigenvalue weighted by Crippen LogP contribution is -2.22. The van der Waals surface area contributed by atoms with E-state index in [0.29, 0.717) is 28.2 Å². The van der Waals surface area contributed by atoms with E-state index >= 15 is 0 Å². The Morgan fingerprint density at radius 1 is 1.04 bits per heavy atom. The van der Waals surface area contributed by atoms with Crippen molar-refractivity contribution < 1.29 is 23.5 Å². The molecule has 0 radical (unpaired) electrons. The summed E-state index contributed by atoms with van der Waals surface area (Å²) in [6.45, 7) is 1.54. The van der Waals surface area contributed by atoms with Gasteiger partial charge in [0.2, 0.25) is 11.7 Å². The van der Waals surface area contributed by atoms with Crippen LogP contribution in [0.25, 0.3) is 11.0 Å². The number of carbonyl (C=O) groups excluding carboxylic acids is 2. The Balaban J connectivity index is 1.96. The average Bonchev–Trinajstić information content (AvgIpc) is 3.06. The molecule has 3 aromatic rings. The number of methoxy groups -OCH3 is 2. The number of halogens is 1. The first-order valence-electron chi connectivity index (χ1n) is 8.44. The molecule has 0 bridgehead atoms. The molecule has 0 fully saturated rings. The molecule has 1 heterocycles. The van der Waals surface area contributed by atoms with Gasteiger partial charge in [-0.25, -0.2) is 0 Å². The fourth-order valence-electron chi connectivity index (χ4n) is 2.65. The van der Waals surface area contributed by atoms with Crippen LogP contribution in [0.2, 0.25) is 0 Å². The van der Waals surface area contributed by atoms with Gasteiger partial charge in [-0.15, -0.1) is 11.6 Å². The highest BCUT2D eigenvalue weighted by Gasteiger charge is 2.23. The SMILES string of the molecule is COc1ccc(NC(=O)c2oc3ccccc3c2NC(=O)C(C)Cl)cc1OC. The van der Waals surface area contributed by atoms with Crippen LogP contribution < -0.4 is 20.1 Å². The third kappa shape index (κ3) is 3.89. The first-order chi connectivity index (χ1) is 13.4. The van der Waals surface area contributed by atoms with Crippen LogP contribution >= 0.6 is 11.6 Å². The maximum Gasteiger partial charge on any atom is 0.293 e. The standard InChI is InChI=1S/C20H19ClN2O5/c1-11(21)19(24)23-17-13-6-4-5-7-14(13)28-18(17)20(25)22-12-8-9-15(26-2)16(10-12)27-3/h4-11H,1-3H3,(H,22,25)(H,23,24). The molecule has 2 N–H and O–H groups in total. The van der Waals surface area contributed by atoms with Crippen LogP contribution in [-0.2, 0) is 4.79 Å². The zero-order chi connectivity index (χ0) is 20.3. The number of carbonyl (C=O) groups is 2. The number of rotatable bonds is 6. The number of fused-ring (bicyclic) bond motifs is 1. The normalized spacial score (nSPS) is 11.7. The number of amides is 2. The van der Waals surface area contributed by atoms with Gasteiger partial charge < -0.3 is 24.5 Å². The maximum atomic E-state index is 12.8. The van der Waals surface area contributed by atoms with E-state index in [-0.39, 0.29) is 11.4 Å². The maximum absolute atomic E-state index is 12.8. The van der Waals surface area contributed by atoms with Crippen LogP contribution in [0, 0.1) is 0 Å². The molecule has 0 saturated heterocycles. The van der Waals surface area contributed by atoms with Gasteiger partial charge in [-0.3, -0.25) is 9.59 Å². The summed E-state index contributed by atoms with van der Waals surface area (Å²) in [6.07, 6.45) is 0. The van der Waals surface area contributed by atoms with Crippen LogP contribution in [0.3, 0.4) is 0 Å². The van der Waals surface area contributed by atoms with Crippen molar-refractivity contribution in [2.75, 3.05) is 24.9 Å². The predicted octanol–water partition coefficient (Wildman–Crippen LogP) is 4.27. The third-order valence-electron chi connectivity index (χ3n) is 4.05. The molecule has 7 nitrogen and oxygen atoms in total. The van der Waals surface area contributed by atoms with E-state index in [2.05, 4.69) is 10.6 Å². The fraction of sp³-hybridized carbons (Fsp3) is 0.200. The third-order valence-corrected chi connectivity index (χ3v) is 4.25. The number of anilines is 2. The molecule has 1 unspecified atom stereocenters. The van der Waals surface area contributed by atoms with Crippen molar-refractivity contribution in [3.8, 4) is 11.5 Å². The first-order valence-corrected chi connectivity index (χ1v) is 8.88. The molecule has 146 valence electrons. The second-order valence-corrected chi connectivity index (χ2v) is 6.59. The predicted molar refractivity (Wildman–Crippen MR) is 108 cm³/mol. The number of hydrogen-bond acceptors (Lipinski definition) is 5. The van der Waals surface area contributed by atoms with Gasteiger partial charge in [0, 0.05) is 17.1 Å². The van der Waals surface area contributed by atoms with E-state index in [1.807, 2.05) is 0 Å². The molecule has 3 rings (SSSR count). The van der Waals surface area contributed by atoms with E-state index in [9.17, 15) is 9.59 Å². The molecule has 0 aliphatic rings. The molecular weight excluding hydrogens is 384 g/mol. The summed E-state index contributed by atoms with van der Waals surface area (Å²) in [5, 5.41) is 5.24. The molecule has 1 aromatic heterocycles. The van der Waals surface area contributed by atoms with Crippen molar-refractivity contribution in [3.63, 3.8) is 0 Å². The van der Waals surface area contributed by atoms with Crippen molar-refractivity contribution in [2.45, 2.75) is 12.3 Å². The van der Waals surface area contributed by atoms with Gasteiger partial charge >= 0.3 is 0 Å². The molecule has 0 spiro atoms. The van der Waals surface area contributed by atoms with E-state index in [0.717, 1.165) is 0 Å². The number of para-hydroxylation sites is 1. The van der Waals surface area contributed by atoms with Gasteiger partial charge in [-0.05, 0) is 31.2 Å². The summed E-state index contributed by atoms with van der Waals surface area (Å²) in [5.41, 5.74) is 1.22. The quantitative estimate of drug-likeness (QED) is 0.601. The molecule has 2 amide bonds. The van der Waals surface area contributed by atoms with E-state index in [1.165, 1.54) is 14.2 Å². The topological polar surface area (TPSA) is 89.8 Å². The van der Waals surface area contributed by atoms with E-state index < -0.39 is 17.2 Å². The zero-order valence-electron chi connectivity index (χ0n) is 15.5. The van der Waals surface area contributed by atoms with Crippen LogP contribution in [0.4, 0.5) is 11.4 Å². The monoisotopic (exact) mass is 402 g/mol. The van der Waals surface area contributed by atoms with Crippen molar-refractivity contribution in [2.24, 2.45) is 0 Å². The zero-order valence-corrected chi connectivity index (χ0v) is 16.3. The molecule has 8 heteroatoms. The second-order valence-electron chi connectivity index (χ2n) is 5.93. The van der Waals surface area contributed by atoms with Gasteiger partial charge in [0.25, 0.3) is 5.91 Å². The average molecular weight is 403 g/mol.